The van der Waals surface area contributed by atoms with E-state index in [2.05, 4.69) is 9.57 Å². The number of ether oxygens (including phenoxy) is 3. The van der Waals surface area contributed by atoms with Crippen LogP contribution in [-0.4, -0.2) is 74.0 Å². The molecular weight excluding hydrogens is 294 g/mol. The lowest BCUT2D eigenvalue weighted by Crippen LogP contribution is -2.15. The normalized spacial score (nSPS) is 9.29. The highest BCUT2D eigenvalue weighted by molar-refractivity contribution is 5.90. The summed E-state index contributed by atoms with van der Waals surface area (Å²) in [5, 5.41) is 24.7. The van der Waals surface area contributed by atoms with Crippen molar-refractivity contribution in [3.8, 4) is 0 Å². The van der Waals surface area contributed by atoms with Crippen LogP contribution in [0.2, 0.25) is 0 Å². The summed E-state index contributed by atoms with van der Waals surface area (Å²) < 4.78 is 13.8. The summed E-state index contributed by atoms with van der Waals surface area (Å²) in [7, 11) is 1.06. The van der Waals surface area contributed by atoms with E-state index in [-0.39, 0.29) is 13.2 Å². The molecule has 2 N–H and O–H groups in total. The Morgan fingerprint density at radius 1 is 1.00 bits per heavy atom. The fraction of sp³-hybridized carbons (Fsp3) is 0.800. The van der Waals surface area contributed by atoms with Gasteiger partial charge < -0.3 is 24.4 Å². The highest BCUT2D eigenvalue weighted by Crippen LogP contribution is 1.88. The van der Waals surface area contributed by atoms with Crippen molar-refractivity contribution in [2.45, 2.75) is 6.42 Å². The van der Waals surface area contributed by atoms with E-state index in [0.29, 0.717) is 26.4 Å². The number of hydrogen-bond acceptors (Lipinski definition) is 10. The number of hydrogen-bond donors (Lipinski definition) is 2. The van der Waals surface area contributed by atoms with Crippen LogP contribution in [0.3, 0.4) is 0 Å². The first-order valence-electron chi connectivity index (χ1n) is 5.77. The number of aliphatic hydroxyl groups excluding tert-OH is 2. The fourth-order valence-electron chi connectivity index (χ4n) is 0.757. The summed E-state index contributed by atoms with van der Waals surface area (Å²) in [5.74, 6) is -2.13. The molecule has 0 rings (SSSR count). The largest absolute Gasteiger partial charge is 0.469 e. The van der Waals surface area contributed by atoms with E-state index < -0.39 is 23.4 Å². The smallest absolute Gasteiger partial charge is 0.315 e. The van der Waals surface area contributed by atoms with Crippen molar-refractivity contribution in [1.82, 2.24) is 0 Å². The van der Waals surface area contributed by atoms with E-state index in [4.69, 9.17) is 19.7 Å². The molecular formula is C10H19NO10. The maximum absolute atomic E-state index is 10.3. The van der Waals surface area contributed by atoms with Crippen molar-refractivity contribution < 1.29 is 43.9 Å². The van der Waals surface area contributed by atoms with Gasteiger partial charge in [0.1, 0.15) is 6.42 Å². The minimum Gasteiger partial charge on any atom is -0.469 e. The Labute approximate surface area is 120 Å². The molecule has 0 fully saturated rings. The molecule has 0 aromatic carbocycles. The fourth-order valence-corrected chi connectivity index (χ4v) is 0.757. The lowest BCUT2D eigenvalue weighted by Gasteiger charge is -2.01. The van der Waals surface area contributed by atoms with Crippen LogP contribution in [0, 0.1) is 10.1 Å². The lowest BCUT2D eigenvalue weighted by molar-refractivity contribution is -0.729. The highest BCUT2D eigenvalue weighted by atomic mass is 17.0. The van der Waals surface area contributed by atoms with Crippen LogP contribution in [0.1, 0.15) is 6.42 Å². The SMILES string of the molecule is COC(=O)CC(=O)O[N+](=O)[O-].OCCOCCOCCO. The zero-order valence-electron chi connectivity index (χ0n) is 11.6. The number of methoxy groups -OCH3 is 1. The van der Waals surface area contributed by atoms with E-state index in [0.717, 1.165) is 7.11 Å². The second-order valence-corrected chi connectivity index (χ2v) is 3.11. The summed E-state index contributed by atoms with van der Waals surface area (Å²) in [4.78, 5) is 33.4. The van der Waals surface area contributed by atoms with Crippen LogP contribution in [0.5, 0.6) is 0 Å². The molecule has 0 unspecified atom stereocenters. The molecule has 0 atom stereocenters. The highest BCUT2D eigenvalue weighted by Gasteiger charge is 2.12. The average molecular weight is 313 g/mol. The van der Waals surface area contributed by atoms with Crippen molar-refractivity contribution in [3.63, 3.8) is 0 Å². The van der Waals surface area contributed by atoms with Gasteiger partial charge >= 0.3 is 17.0 Å². The minimum atomic E-state index is -1.29. The van der Waals surface area contributed by atoms with Gasteiger partial charge in [0.25, 0.3) is 0 Å². The van der Waals surface area contributed by atoms with Gasteiger partial charge in [0, 0.05) is 0 Å². The molecule has 21 heavy (non-hydrogen) atoms. The summed E-state index contributed by atoms with van der Waals surface area (Å²) in [6, 6.07) is 0. The number of nitrogens with zero attached hydrogens (tertiary/aromatic N) is 1. The molecule has 0 heterocycles. The molecule has 0 aliphatic carbocycles. The second kappa shape index (κ2) is 16.2. The Balaban J connectivity index is 0. The van der Waals surface area contributed by atoms with Crippen LogP contribution in [-0.2, 0) is 28.6 Å². The van der Waals surface area contributed by atoms with Crippen molar-refractivity contribution in [2.24, 2.45) is 0 Å². The number of rotatable bonds is 10. The number of carbonyl (C=O) groups excluding carboxylic acids is 2. The van der Waals surface area contributed by atoms with E-state index in [1.165, 1.54) is 0 Å². The van der Waals surface area contributed by atoms with Crippen molar-refractivity contribution in [1.29, 1.82) is 0 Å². The lowest BCUT2D eigenvalue weighted by atomic mass is 10.4. The van der Waals surface area contributed by atoms with Gasteiger partial charge in [-0.25, -0.2) is 4.84 Å². The van der Waals surface area contributed by atoms with Crippen molar-refractivity contribution in [3.05, 3.63) is 10.1 Å². The van der Waals surface area contributed by atoms with Crippen LogP contribution in [0.4, 0.5) is 0 Å². The first-order chi connectivity index (χ1) is 9.97. The molecule has 0 aliphatic rings. The Kier molecular flexibility index (Phi) is 16.6. The Hall–Kier alpha value is -1.82. The average Bonchev–Trinajstić information content (AvgIpc) is 2.42. The van der Waals surface area contributed by atoms with Gasteiger partial charge in [-0.2, -0.15) is 0 Å². The molecule has 0 amide bonds. The Bertz CT molecular complexity index is 288. The van der Waals surface area contributed by atoms with Gasteiger partial charge in [-0.05, 0) is 0 Å². The van der Waals surface area contributed by atoms with Crippen LogP contribution in [0.15, 0.2) is 0 Å². The van der Waals surface area contributed by atoms with E-state index in [1.54, 1.807) is 0 Å². The van der Waals surface area contributed by atoms with Crippen molar-refractivity contribution >= 4 is 11.9 Å². The molecule has 0 aromatic heterocycles. The first-order valence-corrected chi connectivity index (χ1v) is 5.77. The first kappa shape index (κ1) is 21.5. The monoisotopic (exact) mass is 313 g/mol. The summed E-state index contributed by atoms with van der Waals surface area (Å²) >= 11 is 0. The molecule has 0 radical (unpaired) electrons. The molecule has 0 aliphatic heterocycles. The zero-order valence-corrected chi connectivity index (χ0v) is 11.6. The van der Waals surface area contributed by atoms with Gasteiger partial charge in [0.2, 0.25) is 0 Å². The van der Waals surface area contributed by atoms with Gasteiger partial charge in [0.15, 0.2) is 0 Å². The molecule has 0 spiro atoms. The van der Waals surface area contributed by atoms with E-state index in [9.17, 15) is 19.7 Å². The third-order valence-corrected chi connectivity index (χ3v) is 1.54. The van der Waals surface area contributed by atoms with Gasteiger partial charge in [-0.15, -0.1) is 10.1 Å². The van der Waals surface area contributed by atoms with Gasteiger partial charge in [-0.1, -0.05) is 0 Å². The standard InChI is InChI=1S/C6H14O4.C4H5NO6/c7-1-3-9-5-6-10-4-2-8;1-10-3(6)2-4(7)11-5(8)9/h7-8H,1-6H2;2H2,1H3. The molecule has 0 saturated heterocycles. The molecule has 11 heteroatoms. The molecule has 0 bridgehead atoms. The van der Waals surface area contributed by atoms with E-state index >= 15 is 0 Å². The maximum atomic E-state index is 10.3. The van der Waals surface area contributed by atoms with Gasteiger partial charge in [0.05, 0.1) is 46.8 Å². The van der Waals surface area contributed by atoms with Gasteiger partial charge in [-0.3, -0.25) is 9.59 Å². The zero-order chi connectivity index (χ0) is 16.5. The second-order valence-electron chi connectivity index (χ2n) is 3.11. The third kappa shape index (κ3) is 20.7. The molecule has 0 saturated carbocycles. The molecule has 124 valence electrons. The number of carbonyl (C=O) groups is 2. The van der Waals surface area contributed by atoms with E-state index in [1.807, 2.05) is 0 Å². The predicted molar refractivity (Wildman–Crippen MR) is 65.5 cm³/mol. The predicted octanol–water partition coefficient (Wildman–Crippen LogP) is -1.71. The number of aliphatic hydroxyl groups is 2. The Morgan fingerprint density at radius 3 is 1.81 bits per heavy atom. The van der Waals surface area contributed by atoms with Crippen molar-refractivity contribution in [2.75, 3.05) is 46.8 Å². The quantitative estimate of drug-likeness (QED) is 0.156. The third-order valence-electron chi connectivity index (χ3n) is 1.54. The Morgan fingerprint density at radius 2 is 1.48 bits per heavy atom. The summed E-state index contributed by atoms with van der Waals surface area (Å²) in [5.41, 5.74) is 0. The van der Waals surface area contributed by atoms with Crippen LogP contribution < -0.4 is 0 Å². The topological polar surface area (TPSA) is 155 Å². The summed E-state index contributed by atoms with van der Waals surface area (Å²) in [6.45, 7) is 1.73. The van der Waals surface area contributed by atoms with Crippen LogP contribution in [0.25, 0.3) is 0 Å². The molecule has 0 aromatic rings. The summed E-state index contributed by atoms with van der Waals surface area (Å²) in [6.07, 6.45) is -0.753. The minimum absolute atomic E-state index is 0.0417. The number of esters is 1. The molecule has 11 nitrogen and oxygen atoms in total. The van der Waals surface area contributed by atoms with Crippen LogP contribution >= 0.6 is 0 Å². The maximum Gasteiger partial charge on any atom is 0.315 e.